The Morgan fingerprint density at radius 1 is 1.43 bits per heavy atom. The van der Waals surface area contributed by atoms with Crippen molar-refractivity contribution in [1.82, 2.24) is 10.5 Å². The molecule has 2 heterocycles. The zero-order valence-corrected chi connectivity index (χ0v) is 12.6. The summed E-state index contributed by atoms with van der Waals surface area (Å²) in [5, 5.41) is 8.49. The van der Waals surface area contributed by atoms with E-state index in [9.17, 15) is 13.6 Å². The number of hydrogen-bond donors (Lipinski definition) is 2. The van der Waals surface area contributed by atoms with E-state index in [0.29, 0.717) is 18.7 Å². The van der Waals surface area contributed by atoms with E-state index < -0.39 is 17.5 Å². The second-order valence-corrected chi connectivity index (χ2v) is 5.54. The van der Waals surface area contributed by atoms with Gasteiger partial charge in [0.25, 0.3) is 5.91 Å². The first-order chi connectivity index (χ1) is 11.0. The van der Waals surface area contributed by atoms with Crippen molar-refractivity contribution in [3.8, 4) is 0 Å². The Morgan fingerprint density at radius 3 is 2.96 bits per heavy atom. The van der Waals surface area contributed by atoms with Crippen LogP contribution in [-0.2, 0) is 13.0 Å². The summed E-state index contributed by atoms with van der Waals surface area (Å²) in [6.45, 7) is 0.547. The molecule has 1 aliphatic heterocycles. The minimum atomic E-state index is -0.774. The molecule has 120 valence electrons. The van der Waals surface area contributed by atoms with Crippen LogP contribution < -0.4 is 10.4 Å². The van der Waals surface area contributed by atoms with Crippen LogP contribution in [-0.4, -0.2) is 22.6 Å². The SMILES string of the molecule is O=C(NO)c1cc2c(cn1)N(Cc1c(F)ccc(Cl)c1F)CC2. The van der Waals surface area contributed by atoms with E-state index in [-0.39, 0.29) is 22.8 Å². The topological polar surface area (TPSA) is 65.5 Å². The van der Waals surface area contributed by atoms with E-state index in [1.165, 1.54) is 17.7 Å². The zero-order chi connectivity index (χ0) is 16.6. The molecule has 0 atom stereocenters. The van der Waals surface area contributed by atoms with Crippen LogP contribution in [0, 0.1) is 11.6 Å². The molecular weight excluding hydrogens is 328 g/mol. The monoisotopic (exact) mass is 339 g/mol. The molecule has 0 unspecified atom stereocenters. The molecule has 23 heavy (non-hydrogen) atoms. The van der Waals surface area contributed by atoms with Crippen molar-refractivity contribution >= 4 is 23.2 Å². The number of nitrogens with zero attached hydrogens (tertiary/aromatic N) is 2. The minimum Gasteiger partial charge on any atom is -0.365 e. The third-order valence-electron chi connectivity index (χ3n) is 3.78. The fraction of sp³-hybridized carbons (Fsp3) is 0.200. The van der Waals surface area contributed by atoms with Gasteiger partial charge in [0.15, 0.2) is 0 Å². The minimum absolute atomic E-state index is 0.0124. The van der Waals surface area contributed by atoms with Crippen molar-refractivity contribution in [3.63, 3.8) is 0 Å². The molecule has 8 heteroatoms. The fourth-order valence-electron chi connectivity index (χ4n) is 2.60. The van der Waals surface area contributed by atoms with Crippen LogP contribution >= 0.6 is 11.6 Å². The summed E-state index contributed by atoms with van der Waals surface area (Å²) in [5.41, 5.74) is 3.00. The summed E-state index contributed by atoms with van der Waals surface area (Å²) in [5.74, 6) is -2.15. The third-order valence-corrected chi connectivity index (χ3v) is 4.07. The quantitative estimate of drug-likeness (QED) is 0.512. The molecule has 0 aliphatic carbocycles. The molecule has 1 aliphatic rings. The Morgan fingerprint density at radius 2 is 2.22 bits per heavy atom. The summed E-state index contributed by atoms with van der Waals surface area (Å²) in [7, 11) is 0. The second kappa shape index (κ2) is 6.10. The number of hydrogen-bond acceptors (Lipinski definition) is 4. The predicted molar refractivity (Wildman–Crippen MR) is 79.6 cm³/mol. The van der Waals surface area contributed by atoms with Crippen molar-refractivity contribution in [2.75, 3.05) is 11.4 Å². The van der Waals surface area contributed by atoms with Gasteiger partial charge in [-0.25, -0.2) is 19.2 Å². The Labute approximate surface area is 135 Å². The molecule has 0 bridgehead atoms. The first-order valence-corrected chi connectivity index (χ1v) is 7.19. The first kappa shape index (κ1) is 15.6. The Kier molecular flexibility index (Phi) is 4.14. The Hall–Kier alpha value is -2.25. The van der Waals surface area contributed by atoms with Crippen molar-refractivity contribution in [3.05, 3.63) is 57.9 Å². The van der Waals surface area contributed by atoms with Gasteiger partial charge < -0.3 is 4.90 Å². The number of carbonyl (C=O) groups is 1. The van der Waals surface area contributed by atoms with E-state index in [1.54, 1.807) is 11.0 Å². The van der Waals surface area contributed by atoms with Crippen LogP contribution in [0.4, 0.5) is 14.5 Å². The molecule has 2 N–H and O–H groups in total. The van der Waals surface area contributed by atoms with E-state index in [1.807, 2.05) is 0 Å². The molecule has 5 nitrogen and oxygen atoms in total. The van der Waals surface area contributed by atoms with Gasteiger partial charge in [0.1, 0.15) is 17.3 Å². The van der Waals surface area contributed by atoms with Gasteiger partial charge in [-0.3, -0.25) is 10.0 Å². The lowest BCUT2D eigenvalue weighted by Crippen LogP contribution is -2.22. The molecular formula is C15H12ClF2N3O2. The second-order valence-electron chi connectivity index (χ2n) is 5.13. The molecule has 0 saturated carbocycles. The van der Waals surface area contributed by atoms with Crippen LogP contribution in [0.15, 0.2) is 24.4 Å². The van der Waals surface area contributed by atoms with Crippen molar-refractivity contribution in [2.24, 2.45) is 0 Å². The number of anilines is 1. The number of fused-ring (bicyclic) bond motifs is 1. The van der Waals surface area contributed by atoms with E-state index in [4.69, 9.17) is 16.8 Å². The number of amides is 1. The largest absolute Gasteiger partial charge is 0.365 e. The number of nitrogens with one attached hydrogen (secondary N) is 1. The maximum Gasteiger partial charge on any atom is 0.293 e. The van der Waals surface area contributed by atoms with Gasteiger partial charge in [0, 0.05) is 18.7 Å². The average Bonchev–Trinajstić information content (AvgIpc) is 2.96. The summed E-state index contributed by atoms with van der Waals surface area (Å²) >= 11 is 5.70. The van der Waals surface area contributed by atoms with Crippen LogP contribution in [0.1, 0.15) is 21.6 Å². The molecule has 3 rings (SSSR count). The number of halogens is 3. The lowest BCUT2D eigenvalue weighted by Gasteiger charge is -2.20. The highest BCUT2D eigenvalue weighted by Crippen LogP contribution is 2.31. The standard InChI is InChI=1S/C15H12ClF2N3O2/c16-10-1-2-11(17)9(14(10)18)7-21-4-3-8-5-12(15(22)20-23)19-6-13(8)21/h1-2,5-6,23H,3-4,7H2,(H,20,22). The van der Waals surface area contributed by atoms with Gasteiger partial charge in [0.05, 0.1) is 16.9 Å². The summed E-state index contributed by atoms with van der Waals surface area (Å²) in [6.07, 6.45) is 2.06. The van der Waals surface area contributed by atoms with Crippen molar-refractivity contribution in [2.45, 2.75) is 13.0 Å². The average molecular weight is 340 g/mol. The molecule has 1 aromatic carbocycles. The summed E-state index contributed by atoms with van der Waals surface area (Å²) in [4.78, 5) is 17.1. The molecule has 0 radical (unpaired) electrons. The van der Waals surface area contributed by atoms with Crippen molar-refractivity contribution in [1.29, 1.82) is 0 Å². The predicted octanol–water partition coefficient (Wildman–Crippen LogP) is 2.69. The van der Waals surface area contributed by atoms with Gasteiger partial charge in [-0.1, -0.05) is 11.6 Å². The van der Waals surface area contributed by atoms with Gasteiger partial charge in [0.2, 0.25) is 0 Å². The Bertz CT molecular complexity index is 786. The molecule has 0 spiro atoms. The molecule has 0 fully saturated rings. The molecule has 2 aromatic rings. The molecule has 1 amide bonds. The summed E-state index contributed by atoms with van der Waals surface area (Å²) in [6, 6.07) is 3.85. The number of benzene rings is 1. The highest BCUT2D eigenvalue weighted by molar-refractivity contribution is 6.30. The van der Waals surface area contributed by atoms with Gasteiger partial charge >= 0.3 is 0 Å². The maximum atomic E-state index is 14.0. The van der Waals surface area contributed by atoms with Crippen LogP contribution in [0.2, 0.25) is 5.02 Å². The lowest BCUT2D eigenvalue weighted by atomic mass is 10.1. The fourth-order valence-corrected chi connectivity index (χ4v) is 2.78. The van der Waals surface area contributed by atoms with Crippen molar-refractivity contribution < 1.29 is 18.8 Å². The summed E-state index contributed by atoms with van der Waals surface area (Å²) < 4.78 is 27.9. The normalized spacial score (nSPS) is 13.1. The Balaban J connectivity index is 1.89. The number of rotatable bonds is 3. The number of hydroxylamine groups is 1. The maximum absolute atomic E-state index is 14.0. The van der Waals surface area contributed by atoms with Crippen LogP contribution in [0.5, 0.6) is 0 Å². The highest BCUT2D eigenvalue weighted by Gasteiger charge is 2.24. The molecule has 0 saturated heterocycles. The van der Waals surface area contributed by atoms with E-state index in [2.05, 4.69) is 4.98 Å². The number of aromatic nitrogens is 1. The van der Waals surface area contributed by atoms with Gasteiger partial charge in [-0.05, 0) is 30.2 Å². The first-order valence-electron chi connectivity index (χ1n) is 6.82. The lowest BCUT2D eigenvalue weighted by molar-refractivity contribution is 0.0700. The van der Waals surface area contributed by atoms with E-state index >= 15 is 0 Å². The van der Waals surface area contributed by atoms with Crippen LogP contribution in [0.25, 0.3) is 0 Å². The highest BCUT2D eigenvalue weighted by atomic mass is 35.5. The number of pyridine rings is 1. The number of carbonyl (C=O) groups excluding carboxylic acids is 1. The zero-order valence-electron chi connectivity index (χ0n) is 11.8. The molecule has 1 aromatic heterocycles. The van der Waals surface area contributed by atoms with Gasteiger partial charge in [-0.15, -0.1) is 0 Å². The smallest absolute Gasteiger partial charge is 0.293 e. The van der Waals surface area contributed by atoms with Crippen LogP contribution in [0.3, 0.4) is 0 Å². The van der Waals surface area contributed by atoms with Gasteiger partial charge in [-0.2, -0.15) is 0 Å². The van der Waals surface area contributed by atoms with E-state index in [0.717, 1.165) is 11.6 Å². The third kappa shape index (κ3) is 2.85.